The molecule has 3 nitrogen and oxygen atoms in total. The molecule has 0 radical (unpaired) electrons. The Morgan fingerprint density at radius 1 is 1.31 bits per heavy atom. The Hall–Kier alpha value is -1.48. The molecule has 0 unspecified atom stereocenters. The van der Waals surface area contributed by atoms with Gasteiger partial charge in [0.15, 0.2) is 0 Å². The van der Waals surface area contributed by atoms with Crippen molar-refractivity contribution in [3.05, 3.63) is 29.5 Å². The Bertz CT molecular complexity index is 488. The maximum absolute atomic E-state index is 5.69. The van der Waals surface area contributed by atoms with E-state index in [4.69, 9.17) is 14.9 Å². The molecule has 0 aliphatic rings. The summed E-state index contributed by atoms with van der Waals surface area (Å²) in [6.07, 6.45) is 0.926. The van der Waals surface area contributed by atoms with E-state index < -0.39 is 0 Å². The van der Waals surface area contributed by atoms with Crippen LogP contribution in [0, 0.1) is 0 Å². The zero-order chi connectivity index (χ0) is 11.5. The fourth-order valence-electron chi connectivity index (χ4n) is 1.99. The van der Waals surface area contributed by atoms with Gasteiger partial charge in [-0.05, 0) is 31.5 Å². The molecule has 0 saturated heterocycles. The summed E-state index contributed by atoms with van der Waals surface area (Å²) in [7, 11) is 0. The molecule has 0 atom stereocenters. The minimum absolute atomic E-state index is 0.446. The number of aryl methyl sites for hydroxylation is 1. The first kappa shape index (κ1) is 11.0. The maximum atomic E-state index is 5.69. The lowest BCUT2D eigenvalue weighted by atomic mass is 10.1. The fraction of sp³-hybridized carbons (Fsp3) is 0.385. The molecule has 86 valence electrons. The summed E-state index contributed by atoms with van der Waals surface area (Å²) in [6.45, 7) is 5.21. The normalized spacial score (nSPS) is 10.9. The highest BCUT2D eigenvalue weighted by molar-refractivity contribution is 5.83. The number of furan rings is 1. The van der Waals surface area contributed by atoms with E-state index in [0.717, 1.165) is 28.9 Å². The van der Waals surface area contributed by atoms with E-state index in [2.05, 4.69) is 6.92 Å². The molecule has 2 rings (SSSR count). The van der Waals surface area contributed by atoms with Gasteiger partial charge in [0.2, 0.25) is 0 Å². The summed E-state index contributed by atoms with van der Waals surface area (Å²) in [6, 6.07) is 5.90. The average molecular weight is 219 g/mol. The molecule has 1 aromatic carbocycles. The number of fused-ring (bicyclic) bond motifs is 1. The van der Waals surface area contributed by atoms with E-state index in [1.165, 1.54) is 5.56 Å². The first-order valence-corrected chi connectivity index (χ1v) is 5.67. The first-order chi connectivity index (χ1) is 7.80. The number of hydrogen-bond acceptors (Lipinski definition) is 3. The zero-order valence-corrected chi connectivity index (χ0v) is 9.75. The highest BCUT2D eigenvalue weighted by Gasteiger charge is 2.11. The highest BCUT2D eigenvalue weighted by Crippen LogP contribution is 2.29. The van der Waals surface area contributed by atoms with Crippen LogP contribution in [-0.4, -0.2) is 6.61 Å². The summed E-state index contributed by atoms with van der Waals surface area (Å²) >= 11 is 0. The fourth-order valence-corrected chi connectivity index (χ4v) is 1.99. The predicted molar refractivity (Wildman–Crippen MR) is 64.7 cm³/mol. The van der Waals surface area contributed by atoms with Crippen LogP contribution in [0.5, 0.6) is 5.75 Å². The van der Waals surface area contributed by atoms with Crippen LogP contribution in [0.3, 0.4) is 0 Å². The van der Waals surface area contributed by atoms with Gasteiger partial charge in [-0.15, -0.1) is 0 Å². The van der Waals surface area contributed by atoms with Crippen LogP contribution in [0.15, 0.2) is 22.6 Å². The Morgan fingerprint density at radius 2 is 2.12 bits per heavy atom. The third-order valence-electron chi connectivity index (χ3n) is 2.70. The lowest BCUT2D eigenvalue weighted by Crippen LogP contribution is -1.97. The minimum Gasteiger partial charge on any atom is -0.494 e. The first-order valence-electron chi connectivity index (χ1n) is 5.67. The second-order valence-corrected chi connectivity index (χ2v) is 3.65. The Labute approximate surface area is 95.2 Å². The van der Waals surface area contributed by atoms with Crippen LogP contribution in [0.25, 0.3) is 11.0 Å². The molecule has 16 heavy (non-hydrogen) atoms. The largest absolute Gasteiger partial charge is 0.494 e. The van der Waals surface area contributed by atoms with Gasteiger partial charge in [0.05, 0.1) is 13.2 Å². The molecule has 0 saturated carbocycles. The quantitative estimate of drug-likeness (QED) is 0.860. The number of rotatable bonds is 4. The highest BCUT2D eigenvalue weighted by atomic mass is 16.5. The SMILES string of the molecule is CCOc1ccc2oc(CN)c(CC)c2c1. The lowest BCUT2D eigenvalue weighted by Gasteiger charge is -2.02. The summed E-state index contributed by atoms with van der Waals surface area (Å²) in [4.78, 5) is 0. The molecule has 0 spiro atoms. The second kappa shape index (κ2) is 4.58. The standard InChI is InChI=1S/C13H17NO2/c1-3-10-11-7-9(15-4-2)5-6-12(11)16-13(10)8-14/h5-7H,3-4,8,14H2,1-2H3. The van der Waals surface area contributed by atoms with Gasteiger partial charge in [-0.2, -0.15) is 0 Å². The summed E-state index contributed by atoms with van der Waals surface area (Å²) < 4.78 is 11.2. The zero-order valence-electron chi connectivity index (χ0n) is 9.75. The van der Waals surface area contributed by atoms with Crippen molar-refractivity contribution in [2.75, 3.05) is 6.61 Å². The van der Waals surface area contributed by atoms with Crippen molar-refractivity contribution in [2.45, 2.75) is 26.8 Å². The molecule has 1 aromatic heterocycles. The summed E-state index contributed by atoms with van der Waals surface area (Å²) in [5.41, 5.74) is 7.74. The maximum Gasteiger partial charge on any atom is 0.134 e. The van der Waals surface area contributed by atoms with Crippen molar-refractivity contribution in [2.24, 2.45) is 5.73 Å². The van der Waals surface area contributed by atoms with Crippen molar-refractivity contribution in [1.29, 1.82) is 0 Å². The lowest BCUT2D eigenvalue weighted by molar-refractivity contribution is 0.340. The van der Waals surface area contributed by atoms with Crippen molar-refractivity contribution < 1.29 is 9.15 Å². The average Bonchev–Trinajstić information content (AvgIpc) is 2.66. The third-order valence-corrected chi connectivity index (χ3v) is 2.70. The minimum atomic E-state index is 0.446. The van der Waals surface area contributed by atoms with Gasteiger partial charge >= 0.3 is 0 Å². The molecule has 2 aromatic rings. The summed E-state index contributed by atoms with van der Waals surface area (Å²) in [5, 5.41) is 1.12. The second-order valence-electron chi connectivity index (χ2n) is 3.65. The van der Waals surface area contributed by atoms with E-state index in [1.54, 1.807) is 0 Å². The smallest absolute Gasteiger partial charge is 0.134 e. The van der Waals surface area contributed by atoms with Gasteiger partial charge in [0, 0.05) is 10.9 Å². The number of hydrogen-bond donors (Lipinski definition) is 1. The molecule has 0 fully saturated rings. The van der Waals surface area contributed by atoms with Crippen LogP contribution in [0.4, 0.5) is 0 Å². The van der Waals surface area contributed by atoms with E-state index >= 15 is 0 Å². The molecule has 0 aliphatic heterocycles. The van der Waals surface area contributed by atoms with Crippen molar-refractivity contribution >= 4 is 11.0 Å². The van der Waals surface area contributed by atoms with E-state index in [1.807, 2.05) is 25.1 Å². The molecule has 0 amide bonds. The van der Waals surface area contributed by atoms with Gasteiger partial charge in [0.25, 0.3) is 0 Å². The molecule has 2 N–H and O–H groups in total. The van der Waals surface area contributed by atoms with Crippen molar-refractivity contribution in [3.63, 3.8) is 0 Å². The Kier molecular flexibility index (Phi) is 3.15. The van der Waals surface area contributed by atoms with Gasteiger partial charge in [-0.25, -0.2) is 0 Å². The molecule has 0 bridgehead atoms. The third kappa shape index (κ3) is 1.78. The van der Waals surface area contributed by atoms with Crippen LogP contribution in [0.2, 0.25) is 0 Å². The van der Waals surface area contributed by atoms with E-state index in [9.17, 15) is 0 Å². The van der Waals surface area contributed by atoms with Crippen LogP contribution in [-0.2, 0) is 13.0 Å². The van der Waals surface area contributed by atoms with E-state index in [0.29, 0.717) is 13.2 Å². The molecule has 0 aliphatic carbocycles. The Balaban J connectivity index is 2.56. The number of benzene rings is 1. The van der Waals surface area contributed by atoms with E-state index in [-0.39, 0.29) is 0 Å². The van der Waals surface area contributed by atoms with Crippen molar-refractivity contribution in [1.82, 2.24) is 0 Å². The Morgan fingerprint density at radius 3 is 2.75 bits per heavy atom. The van der Waals surface area contributed by atoms with Crippen LogP contribution < -0.4 is 10.5 Å². The van der Waals surface area contributed by atoms with Crippen molar-refractivity contribution in [3.8, 4) is 5.75 Å². The molecular formula is C13H17NO2. The molecular weight excluding hydrogens is 202 g/mol. The van der Waals surface area contributed by atoms with Gasteiger partial charge in [-0.1, -0.05) is 6.92 Å². The van der Waals surface area contributed by atoms with Crippen LogP contribution in [0.1, 0.15) is 25.2 Å². The molecule has 3 heteroatoms. The van der Waals surface area contributed by atoms with Gasteiger partial charge in [0.1, 0.15) is 17.1 Å². The number of nitrogens with two attached hydrogens (primary N) is 1. The predicted octanol–water partition coefficient (Wildman–Crippen LogP) is 2.85. The molecule has 1 heterocycles. The van der Waals surface area contributed by atoms with Gasteiger partial charge in [-0.3, -0.25) is 0 Å². The summed E-state index contributed by atoms with van der Waals surface area (Å²) in [5.74, 6) is 1.76. The number of ether oxygens (including phenoxy) is 1. The topological polar surface area (TPSA) is 48.4 Å². The van der Waals surface area contributed by atoms with Gasteiger partial charge < -0.3 is 14.9 Å². The monoisotopic (exact) mass is 219 g/mol. The van der Waals surface area contributed by atoms with Crippen LogP contribution >= 0.6 is 0 Å².